The van der Waals surface area contributed by atoms with Gasteiger partial charge in [-0.3, -0.25) is 9.29 Å². The van der Waals surface area contributed by atoms with E-state index in [0.717, 1.165) is 29.7 Å². The summed E-state index contributed by atoms with van der Waals surface area (Å²) in [6, 6.07) is 5.96. The minimum absolute atomic E-state index is 0.0330. The molecular weight excluding hydrogens is 476 g/mol. The van der Waals surface area contributed by atoms with Gasteiger partial charge >= 0.3 is 0 Å². The number of ether oxygens (including phenoxy) is 2. The average Bonchev–Trinajstić information content (AvgIpc) is 3.30. The molecule has 0 radical (unpaired) electrons. The van der Waals surface area contributed by atoms with Gasteiger partial charge in [0.1, 0.15) is 6.10 Å². The predicted molar refractivity (Wildman–Crippen MR) is 131 cm³/mol. The fourth-order valence-electron chi connectivity index (χ4n) is 4.11. The van der Waals surface area contributed by atoms with Crippen LogP contribution in [-0.4, -0.2) is 60.4 Å². The van der Waals surface area contributed by atoms with Crippen LogP contribution in [0, 0.1) is 0 Å². The zero-order valence-corrected chi connectivity index (χ0v) is 20.6. The van der Waals surface area contributed by atoms with Gasteiger partial charge < -0.3 is 9.47 Å². The molecule has 178 valence electrons. The summed E-state index contributed by atoms with van der Waals surface area (Å²) in [5.74, 6) is 1.99. The smallest absolute Gasteiger partial charge is 0.235 e. The van der Waals surface area contributed by atoms with E-state index in [-0.39, 0.29) is 16.9 Å². The van der Waals surface area contributed by atoms with E-state index in [9.17, 15) is 0 Å². The Bertz CT molecular complexity index is 1270. The van der Waals surface area contributed by atoms with Gasteiger partial charge in [-0.2, -0.15) is 5.10 Å². The van der Waals surface area contributed by atoms with Crippen LogP contribution in [-0.2, 0) is 15.0 Å². The van der Waals surface area contributed by atoms with Crippen molar-refractivity contribution >= 4 is 35.0 Å². The van der Waals surface area contributed by atoms with Crippen LogP contribution < -0.4 is 4.72 Å². The molecule has 0 aromatic carbocycles. The normalized spacial score (nSPS) is 16.5. The Morgan fingerprint density at radius 2 is 1.97 bits per heavy atom. The molecule has 5 rings (SSSR count). The number of pyridine rings is 1. The lowest BCUT2D eigenvalue weighted by Gasteiger charge is -2.23. The molecule has 2 atom stereocenters. The van der Waals surface area contributed by atoms with Gasteiger partial charge in [0.15, 0.2) is 11.6 Å². The van der Waals surface area contributed by atoms with Crippen molar-refractivity contribution in [2.75, 3.05) is 25.5 Å². The molecule has 1 N–H and O–H groups in total. The molecule has 1 saturated carbocycles. The van der Waals surface area contributed by atoms with Crippen molar-refractivity contribution in [1.29, 1.82) is 0 Å². The second kappa shape index (κ2) is 9.49. The summed E-state index contributed by atoms with van der Waals surface area (Å²) in [6.07, 6.45) is 8.53. The summed E-state index contributed by atoms with van der Waals surface area (Å²) in [5, 5.41) is 14.0. The lowest BCUT2D eigenvalue weighted by molar-refractivity contribution is 0.0972. The van der Waals surface area contributed by atoms with Crippen molar-refractivity contribution in [1.82, 2.24) is 34.3 Å². The first-order valence-electron chi connectivity index (χ1n) is 10.9. The topological polar surface area (TPSA) is 104 Å². The highest BCUT2D eigenvalue weighted by Crippen LogP contribution is 2.48. The molecule has 4 heterocycles. The maximum Gasteiger partial charge on any atom is 0.235 e. The van der Waals surface area contributed by atoms with Gasteiger partial charge in [-0.25, -0.2) is 14.5 Å². The zero-order valence-electron chi connectivity index (χ0n) is 19.1. The summed E-state index contributed by atoms with van der Waals surface area (Å²) in [6.45, 7) is 2.62. The Hall–Kier alpha value is -2.73. The number of halogens is 1. The maximum absolute atomic E-state index is 5.94. The van der Waals surface area contributed by atoms with Crippen LogP contribution in [0.1, 0.15) is 31.7 Å². The molecule has 4 aromatic rings. The molecule has 1 aliphatic carbocycles. The van der Waals surface area contributed by atoms with Crippen molar-refractivity contribution < 1.29 is 9.47 Å². The molecule has 12 heteroatoms. The van der Waals surface area contributed by atoms with Crippen molar-refractivity contribution in [3.63, 3.8) is 0 Å². The Morgan fingerprint density at radius 3 is 2.68 bits per heavy atom. The molecule has 4 aromatic heterocycles. The third kappa shape index (κ3) is 4.24. The van der Waals surface area contributed by atoms with E-state index >= 15 is 0 Å². The van der Waals surface area contributed by atoms with Crippen LogP contribution in [0.5, 0.6) is 0 Å². The standard InChI is InChI=1S/C22H25ClN8O2S/c1-14(18(33-3)19-24-10-15(23)11-25-19)34-29-21-28-27-20(31(21)22(7-8-22)13-32-2)16-12-26-30-9-5-4-6-17(16)30/h4-6,9-12,14,18H,7-8,13H2,1-3H3,(H,28,29). The van der Waals surface area contributed by atoms with Gasteiger partial charge in [-0.15, -0.1) is 10.2 Å². The molecule has 10 nitrogen and oxygen atoms in total. The fraction of sp³-hybridized carbons (Fsp3) is 0.409. The van der Waals surface area contributed by atoms with E-state index in [2.05, 4.69) is 34.6 Å². The van der Waals surface area contributed by atoms with Gasteiger partial charge in [-0.1, -0.05) is 17.7 Å². The summed E-state index contributed by atoms with van der Waals surface area (Å²) in [5.41, 5.74) is 1.70. The fourth-order valence-corrected chi connectivity index (χ4v) is 4.99. The van der Waals surface area contributed by atoms with Crippen LogP contribution in [0.4, 0.5) is 5.95 Å². The third-order valence-electron chi connectivity index (χ3n) is 5.96. The summed E-state index contributed by atoms with van der Waals surface area (Å²) < 4.78 is 18.7. The molecule has 0 spiro atoms. The largest absolute Gasteiger partial charge is 0.382 e. The monoisotopic (exact) mass is 500 g/mol. The van der Waals surface area contributed by atoms with Crippen LogP contribution in [0.3, 0.4) is 0 Å². The first-order valence-corrected chi connectivity index (χ1v) is 12.1. The lowest BCUT2D eigenvalue weighted by Crippen LogP contribution is -2.25. The van der Waals surface area contributed by atoms with Crippen LogP contribution >= 0.6 is 23.5 Å². The Morgan fingerprint density at radius 1 is 1.18 bits per heavy atom. The molecule has 2 unspecified atom stereocenters. The summed E-state index contributed by atoms with van der Waals surface area (Å²) in [4.78, 5) is 8.63. The van der Waals surface area contributed by atoms with Gasteiger partial charge in [0.05, 0.1) is 39.7 Å². The van der Waals surface area contributed by atoms with Crippen LogP contribution in [0.2, 0.25) is 5.02 Å². The second-order valence-corrected chi connectivity index (χ2v) is 9.89. The molecule has 0 aliphatic heterocycles. The SMILES string of the molecule is COCC1(n2c(NSC(C)C(OC)c3ncc(Cl)cn3)nnc2-c2cnn3ccccc23)CC1. The first-order chi connectivity index (χ1) is 16.6. The number of nitrogens with zero attached hydrogens (tertiary/aromatic N) is 7. The number of anilines is 1. The Labute approximate surface area is 206 Å². The zero-order chi connectivity index (χ0) is 23.7. The van der Waals surface area contributed by atoms with Crippen LogP contribution in [0.15, 0.2) is 43.0 Å². The molecular formula is C22H25ClN8O2S. The van der Waals surface area contributed by atoms with Crippen molar-refractivity contribution in [3.8, 4) is 11.4 Å². The summed E-state index contributed by atoms with van der Waals surface area (Å²) >= 11 is 7.41. The predicted octanol–water partition coefficient (Wildman–Crippen LogP) is 4.01. The van der Waals surface area contributed by atoms with Crippen molar-refractivity contribution in [2.24, 2.45) is 0 Å². The maximum atomic E-state index is 5.94. The molecule has 1 fully saturated rings. The number of hydrogen-bond donors (Lipinski definition) is 1. The highest BCUT2D eigenvalue weighted by molar-refractivity contribution is 8.01. The van der Waals surface area contributed by atoms with E-state index in [1.807, 2.05) is 42.0 Å². The van der Waals surface area contributed by atoms with Gasteiger partial charge in [0.25, 0.3) is 0 Å². The summed E-state index contributed by atoms with van der Waals surface area (Å²) in [7, 11) is 3.36. The van der Waals surface area contributed by atoms with Crippen molar-refractivity contribution in [3.05, 3.63) is 53.8 Å². The minimum Gasteiger partial charge on any atom is -0.382 e. The average molecular weight is 501 g/mol. The number of nitrogens with one attached hydrogen (secondary N) is 1. The molecule has 1 aliphatic rings. The van der Waals surface area contributed by atoms with Gasteiger partial charge in [0, 0.05) is 32.8 Å². The number of fused-ring (bicyclic) bond motifs is 1. The van der Waals surface area contributed by atoms with Gasteiger partial charge in [0.2, 0.25) is 5.95 Å². The quantitative estimate of drug-likeness (QED) is 0.323. The first kappa shape index (κ1) is 23.0. The van der Waals surface area contributed by atoms with Gasteiger partial charge in [-0.05, 0) is 43.8 Å². The number of methoxy groups -OCH3 is 2. The van der Waals surface area contributed by atoms with E-state index in [1.165, 1.54) is 11.9 Å². The third-order valence-corrected chi connectivity index (χ3v) is 7.07. The highest BCUT2D eigenvalue weighted by Gasteiger charge is 2.48. The number of aromatic nitrogens is 7. The van der Waals surface area contributed by atoms with E-state index in [4.69, 9.17) is 21.1 Å². The minimum atomic E-state index is -0.334. The Balaban J connectivity index is 1.44. The van der Waals surface area contributed by atoms with E-state index in [0.29, 0.717) is 23.4 Å². The molecule has 34 heavy (non-hydrogen) atoms. The molecule has 0 amide bonds. The van der Waals surface area contributed by atoms with Crippen LogP contribution in [0.25, 0.3) is 16.9 Å². The van der Waals surface area contributed by atoms with E-state index in [1.54, 1.807) is 26.6 Å². The Kier molecular flexibility index (Phi) is 6.43. The highest BCUT2D eigenvalue weighted by atomic mass is 35.5. The molecule has 0 saturated heterocycles. The number of rotatable bonds is 10. The molecule has 0 bridgehead atoms. The van der Waals surface area contributed by atoms with E-state index < -0.39 is 0 Å². The van der Waals surface area contributed by atoms with Crippen molar-refractivity contribution in [2.45, 2.75) is 36.7 Å². The lowest BCUT2D eigenvalue weighted by atomic mass is 10.2. The second-order valence-electron chi connectivity index (χ2n) is 8.27. The number of hydrogen-bond acceptors (Lipinski definition) is 9.